The van der Waals surface area contributed by atoms with Crippen molar-refractivity contribution in [3.63, 3.8) is 0 Å². The van der Waals surface area contributed by atoms with Gasteiger partial charge in [0.25, 0.3) is 0 Å². The predicted molar refractivity (Wildman–Crippen MR) is 109 cm³/mol. The molecular formula is C19H31Cl2N3. The lowest BCUT2D eigenvalue weighted by molar-refractivity contribution is 0.163. The summed E-state index contributed by atoms with van der Waals surface area (Å²) in [7, 11) is 0. The van der Waals surface area contributed by atoms with Crippen LogP contribution in [-0.2, 0) is 0 Å². The van der Waals surface area contributed by atoms with Crippen LogP contribution in [-0.4, -0.2) is 36.1 Å². The Morgan fingerprint density at radius 2 is 1.79 bits per heavy atom. The lowest BCUT2D eigenvalue weighted by Crippen LogP contribution is -2.45. The Balaban J connectivity index is 0.00000144. The van der Waals surface area contributed by atoms with Crippen LogP contribution < -0.4 is 5.32 Å². The van der Waals surface area contributed by atoms with Gasteiger partial charge < -0.3 is 10.3 Å². The molecule has 24 heavy (non-hydrogen) atoms. The Kier molecular flexibility index (Phi) is 9.14. The second-order valence-corrected chi connectivity index (χ2v) is 6.51. The van der Waals surface area contributed by atoms with Crippen LogP contribution in [0.3, 0.4) is 0 Å². The molecule has 3 nitrogen and oxygen atoms in total. The van der Waals surface area contributed by atoms with Crippen molar-refractivity contribution in [1.29, 1.82) is 0 Å². The highest BCUT2D eigenvalue weighted by Crippen LogP contribution is 2.35. The molecule has 1 aromatic carbocycles. The third-order valence-corrected chi connectivity index (χ3v) is 4.95. The zero-order valence-corrected chi connectivity index (χ0v) is 16.4. The van der Waals surface area contributed by atoms with Crippen LogP contribution in [0.4, 0.5) is 0 Å². The molecule has 2 aromatic rings. The lowest BCUT2D eigenvalue weighted by atomic mass is 9.95. The smallest absolute Gasteiger partial charge is 0.0459 e. The molecule has 1 aromatic heterocycles. The molecule has 0 unspecified atom stereocenters. The van der Waals surface area contributed by atoms with Crippen molar-refractivity contribution >= 4 is 35.7 Å². The van der Waals surface area contributed by atoms with Gasteiger partial charge in [-0.15, -0.1) is 24.8 Å². The van der Waals surface area contributed by atoms with Gasteiger partial charge in [-0.3, -0.25) is 4.90 Å². The van der Waals surface area contributed by atoms with Crippen LogP contribution in [0, 0.1) is 6.92 Å². The number of aryl methyl sites for hydroxylation is 1. The highest BCUT2D eigenvalue weighted by molar-refractivity contribution is 5.86. The maximum absolute atomic E-state index is 3.59. The number of para-hydroxylation sites is 1. The van der Waals surface area contributed by atoms with Crippen LogP contribution in [0.2, 0.25) is 0 Å². The molecule has 136 valence electrons. The number of fused-ring (bicyclic) bond motifs is 1. The minimum absolute atomic E-state index is 0. The first-order valence-corrected chi connectivity index (χ1v) is 8.83. The number of H-pyrrole nitrogens is 1. The van der Waals surface area contributed by atoms with Crippen molar-refractivity contribution in [2.75, 3.05) is 26.2 Å². The average molecular weight is 372 g/mol. The van der Waals surface area contributed by atoms with Crippen LogP contribution in [0.5, 0.6) is 0 Å². The molecule has 0 aliphatic carbocycles. The van der Waals surface area contributed by atoms with Crippen LogP contribution in [0.25, 0.3) is 10.9 Å². The van der Waals surface area contributed by atoms with E-state index in [-0.39, 0.29) is 24.8 Å². The van der Waals surface area contributed by atoms with Gasteiger partial charge >= 0.3 is 0 Å². The van der Waals surface area contributed by atoms with Crippen molar-refractivity contribution in [3.8, 4) is 0 Å². The molecule has 2 heterocycles. The number of rotatable bonds is 6. The first-order valence-electron chi connectivity index (χ1n) is 8.83. The van der Waals surface area contributed by atoms with E-state index in [2.05, 4.69) is 53.3 Å². The fourth-order valence-corrected chi connectivity index (χ4v) is 3.82. The standard InChI is InChI=1S/C19H29N3.2ClH/c1-3-4-5-10-18(22-13-11-20-12-14-22)19-15(2)21-17-9-7-6-8-16(17)19;;/h6-9,18,20-21H,3-5,10-14H2,1-2H3;2*1H/t18-;;/m0../s1. The molecule has 3 rings (SSSR count). The number of unbranched alkanes of at least 4 members (excludes halogenated alkanes) is 2. The van der Waals surface area contributed by atoms with Crippen molar-refractivity contribution in [1.82, 2.24) is 15.2 Å². The Labute approximate surface area is 158 Å². The van der Waals surface area contributed by atoms with Crippen LogP contribution in [0.15, 0.2) is 24.3 Å². The Morgan fingerprint density at radius 3 is 2.50 bits per heavy atom. The van der Waals surface area contributed by atoms with Crippen molar-refractivity contribution < 1.29 is 0 Å². The maximum atomic E-state index is 3.59. The molecule has 0 bridgehead atoms. The average Bonchev–Trinajstić information content (AvgIpc) is 2.88. The molecule has 1 aliphatic heterocycles. The molecule has 1 saturated heterocycles. The monoisotopic (exact) mass is 371 g/mol. The summed E-state index contributed by atoms with van der Waals surface area (Å²) in [5.74, 6) is 0. The molecule has 0 spiro atoms. The Hall–Kier alpha value is -0.740. The second-order valence-electron chi connectivity index (χ2n) is 6.51. The number of nitrogens with zero attached hydrogens (tertiary/aromatic N) is 1. The number of aromatic amines is 1. The van der Waals surface area contributed by atoms with Crippen LogP contribution >= 0.6 is 24.8 Å². The van der Waals surface area contributed by atoms with E-state index in [0.29, 0.717) is 6.04 Å². The van der Waals surface area contributed by atoms with E-state index < -0.39 is 0 Å². The summed E-state index contributed by atoms with van der Waals surface area (Å²) in [4.78, 5) is 6.28. The third kappa shape index (κ3) is 4.66. The number of halogens is 2. The van der Waals surface area contributed by atoms with Gasteiger partial charge in [-0.25, -0.2) is 0 Å². The summed E-state index contributed by atoms with van der Waals surface area (Å²) in [5.41, 5.74) is 4.17. The summed E-state index contributed by atoms with van der Waals surface area (Å²) in [6.45, 7) is 9.09. The molecular weight excluding hydrogens is 341 g/mol. The molecule has 2 N–H and O–H groups in total. The molecule has 5 heteroatoms. The maximum Gasteiger partial charge on any atom is 0.0459 e. The number of hydrogen-bond acceptors (Lipinski definition) is 2. The first kappa shape index (κ1) is 21.3. The quantitative estimate of drug-likeness (QED) is 0.711. The number of nitrogens with one attached hydrogen (secondary N) is 2. The van der Waals surface area contributed by atoms with Gasteiger partial charge in [0.2, 0.25) is 0 Å². The van der Waals surface area contributed by atoms with Crippen molar-refractivity contribution in [3.05, 3.63) is 35.5 Å². The fourth-order valence-electron chi connectivity index (χ4n) is 3.82. The number of hydrogen-bond donors (Lipinski definition) is 2. The molecule has 0 amide bonds. The zero-order chi connectivity index (χ0) is 15.4. The number of benzene rings is 1. The van der Waals surface area contributed by atoms with E-state index in [1.807, 2.05) is 0 Å². The Morgan fingerprint density at radius 1 is 1.08 bits per heavy atom. The zero-order valence-electron chi connectivity index (χ0n) is 14.8. The summed E-state index contributed by atoms with van der Waals surface area (Å²) in [6, 6.07) is 9.33. The lowest BCUT2D eigenvalue weighted by Gasteiger charge is -2.35. The van der Waals surface area contributed by atoms with Gasteiger partial charge in [0.1, 0.15) is 0 Å². The van der Waals surface area contributed by atoms with Crippen molar-refractivity contribution in [2.45, 2.75) is 45.6 Å². The summed E-state index contributed by atoms with van der Waals surface area (Å²) < 4.78 is 0. The minimum atomic E-state index is 0. The predicted octanol–water partition coefficient (Wildman–Crippen LogP) is 4.85. The number of piperazine rings is 1. The second kappa shape index (κ2) is 10.3. The van der Waals surface area contributed by atoms with Crippen molar-refractivity contribution in [2.24, 2.45) is 0 Å². The molecule has 1 aliphatic rings. The molecule has 0 radical (unpaired) electrons. The normalized spacial score (nSPS) is 16.4. The molecule has 0 saturated carbocycles. The fraction of sp³-hybridized carbons (Fsp3) is 0.579. The summed E-state index contributed by atoms with van der Waals surface area (Å²) in [5, 5.41) is 4.90. The highest BCUT2D eigenvalue weighted by Gasteiger charge is 2.25. The summed E-state index contributed by atoms with van der Waals surface area (Å²) >= 11 is 0. The molecule has 1 fully saturated rings. The minimum Gasteiger partial charge on any atom is -0.358 e. The van der Waals surface area contributed by atoms with E-state index in [9.17, 15) is 0 Å². The largest absolute Gasteiger partial charge is 0.358 e. The van der Waals surface area contributed by atoms with Gasteiger partial charge in [0, 0.05) is 48.8 Å². The van der Waals surface area contributed by atoms with E-state index >= 15 is 0 Å². The van der Waals surface area contributed by atoms with Gasteiger partial charge in [-0.2, -0.15) is 0 Å². The van der Waals surface area contributed by atoms with E-state index in [0.717, 1.165) is 26.2 Å². The topological polar surface area (TPSA) is 31.1 Å². The first-order chi connectivity index (χ1) is 10.8. The van der Waals surface area contributed by atoms with E-state index in [4.69, 9.17) is 0 Å². The SMILES string of the molecule is CCCCC[C@@H](c1c(C)[nH]c2ccccc12)N1CCNCC1.Cl.Cl. The Bertz CT molecular complexity index is 606. The summed E-state index contributed by atoms with van der Waals surface area (Å²) in [6.07, 6.45) is 5.23. The highest BCUT2D eigenvalue weighted by atomic mass is 35.5. The van der Waals surface area contributed by atoms with Gasteiger partial charge in [-0.1, -0.05) is 44.4 Å². The van der Waals surface area contributed by atoms with Crippen LogP contribution in [0.1, 0.15) is 49.9 Å². The van der Waals surface area contributed by atoms with Gasteiger partial charge in [0.05, 0.1) is 0 Å². The molecule has 1 atom stereocenters. The number of aromatic nitrogens is 1. The van der Waals surface area contributed by atoms with Gasteiger partial charge in [0.15, 0.2) is 0 Å². The van der Waals surface area contributed by atoms with Gasteiger partial charge in [-0.05, 0) is 25.0 Å². The third-order valence-electron chi connectivity index (χ3n) is 4.95. The van der Waals surface area contributed by atoms with E-state index in [1.54, 1.807) is 0 Å². The van der Waals surface area contributed by atoms with E-state index in [1.165, 1.54) is 47.8 Å².